The first-order chi connectivity index (χ1) is 11.3. The second-order valence-electron chi connectivity index (χ2n) is 5.03. The number of H-pyrrole nitrogens is 1. The van der Waals surface area contributed by atoms with Crippen LogP contribution in [0.15, 0.2) is 71.6 Å². The van der Waals surface area contributed by atoms with Gasteiger partial charge < -0.3 is 9.40 Å². The molecule has 112 valence electrons. The fourth-order valence-electron chi connectivity index (χ4n) is 2.45. The molecule has 4 nitrogen and oxygen atoms in total. The Kier molecular flexibility index (Phi) is 3.24. The Hall–Kier alpha value is -3.21. The first-order valence-electron chi connectivity index (χ1n) is 7.11. The molecule has 0 atom stereocenters. The van der Waals surface area contributed by atoms with Crippen LogP contribution >= 0.6 is 0 Å². The number of hydrogen-bond acceptors (Lipinski definition) is 3. The van der Waals surface area contributed by atoms with Gasteiger partial charge in [-0.05, 0) is 48.5 Å². The highest BCUT2D eigenvalue weighted by Gasteiger charge is 2.16. The van der Waals surface area contributed by atoms with Gasteiger partial charge in [0.25, 0.3) is 0 Å². The second-order valence-corrected chi connectivity index (χ2v) is 5.03. The molecule has 4 rings (SSSR count). The molecule has 0 fully saturated rings. The molecule has 5 heteroatoms. The van der Waals surface area contributed by atoms with E-state index in [-0.39, 0.29) is 5.82 Å². The quantitative estimate of drug-likeness (QED) is 0.604. The summed E-state index contributed by atoms with van der Waals surface area (Å²) in [5.74, 6) is 0.996. The Morgan fingerprint density at radius 1 is 0.913 bits per heavy atom. The Morgan fingerprint density at radius 3 is 2.39 bits per heavy atom. The maximum Gasteiger partial charge on any atom is 0.174 e. The summed E-state index contributed by atoms with van der Waals surface area (Å²) >= 11 is 0. The lowest BCUT2D eigenvalue weighted by Crippen LogP contribution is -1.84. The molecule has 0 saturated carbocycles. The summed E-state index contributed by atoms with van der Waals surface area (Å²) in [6, 6.07) is 13.7. The molecule has 0 radical (unpaired) electrons. The van der Waals surface area contributed by atoms with E-state index in [1.165, 1.54) is 12.1 Å². The topological polar surface area (TPSA) is 54.7 Å². The average Bonchev–Trinajstić information content (AvgIpc) is 3.26. The molecule has 0 aliphatic rings. The number of rotatable bonds is 3. The van der Waals surface area contributed by atoms with Crippen LogP contribution in [0.2, 0.25) is 0 Å². The minimum atomic E-state index is -0.277. The summed E-state index contributed by atoms with van der Waals surface area (Å²) in [4.78, 5) is 12.0. The van der Waals surface area contributed by atoms with Gasteiger partial charge >= 0.3 is 0 Å². The molecule has 0 bridgehead atoms. The summed E-state index contributed by atoms with van der Waals surface area (Å²) in [5.41, 5.74) is 3.35. The van der Waals surface area contributed by atoms with Crippen molar-refractivity contribution in [3.63, 3.8) is 0 Å². The van der Waals surface area contributed by atoms with Crippen molar-refractivity contribution in [2.45, 2.75) is 0 Å². The van der Waals surface area contributed by atoms with Crippen LogP contribution in [0.1, 0.15) is 0 Å². The molecule has 0 amide bonds. The number of imidazole rings is 1. The highest BCUT2D eigenvalue weighted by atomic mass is 19.1. The van der Waals surface area contributed by atoms with Crippen molar-refractivity contribution < 1.29 is 8.81 Å². The Labute approximate surface area is 131 Å². The largest absolute Gasteiger partial charge is 0.461 e. The van der Waals surface area contributed by atoms with E-state index in [0.717, 1.165) is 22.5 Å². The summed E-state index contributed by atoms with van der Waals surface area (Å²) < 4.78 is 18.6. The Balaban J connectivity index is 1.90. The predicted molar refractivity (Wildman–Crippen MR) is 84.9 cm³/mol. The average molecular weight is 305 g/mol. The van der Waals surface area contributed by atoms with Crippen molar-refractivity contribution in [1.29, 1.82) is 0 Å². The van der Waals surface area contributed by atoms with Gasteiger partial charge in [-0.25, -0.2) is 9.37 Å². The van der Waals surface area contributed by atoms with Gasteiger partial charge in [0.05, 0.1) is 17.7 Å². The molecule has 0 spiro atoms. The van der Waals surface area contributed by atoms with Crippen LogP contribution in [0.3, 0.4) is 0 Å². The van der Waals surface area contributed by atoms with Crippen LogP contribution in [0, 0.1) is 5.82 Å². The lowest BCUT2D eigenvalue weighted by molar-refractivity contribution is 0.578. The third-order valence-corrected chi connectivity index (χ3v) is 3.55. The number of pyridine rings is 1. The van der Waals surface area contributed by atoms with E-state index in [2.05, 4.69) is 15.0 Å². The van der Waals surface area contributed by atoms with Crippen molar-refractivity contribution in [2.24, 2.45) is 0 Å². The third kappa shape index (κ3) is 2.53. The monoisotopic (exact) mass is 305 g/mol. The SMILES string of the molecule is Fc1ccc(-c2nc(-c3ccco3)[nH]c2-c2ccncc2)cc1. The zero-order valence-electron chi connectivity index (χ0n) is 12.0. The van der Waals surface area contributed by atoms with Gasteiger partial charge in [-0.15, -0.1) is 0 Å². The fraction of sp³-hybridized carbons (Fsp3) is 0. The summed E-state index contributed by atoms with van der Waals surface area (Å²) in [6.45, 7) is 0. The maximum atomic E-state index is 13.2. The molecule has 0 aliphatic heterocycles. The number of benzene rings is 1. The first kappa shape index (κ1) is 13.5. The second kappa shape index (κ2) is 5.53. The van der Waals surface area contributed by atoms with Crippen molar-refractivity contribution in [2.75, 3.05) is 0 Å². The van der Waals surface area contributed by atoms with E-state index in [4.69, 9.17) is 4.42 Å². The van der Waals surface area contributed by atoms with Crippen molar-refractivity contribution in [3.05, 3.63) is 73.0 Å². The number of furan rings is 1. The normalized spacial score (nSPS) is 10.8. The molecule has 0 unspecified atom stereocenters. The van der Waals surface area contributed by atoms with E-state index in [1.807, 2.05) is 24.3 Å². The van der Waals surface area contributed by atoms with Crippen LogP contribution in [-0.4, -0.2) is 15.0 Å². The number of aromatic nitrogens is 3. The zero-order chi connectivity index (χ0) is 15.6. The Morgan fingerprint density at radius 2 is 1.70 bits per heavy atom. The van der Waals surface area contributed by atoms with E-state index in [1.54, 1.807) is 30.8 Å². The van der Waals surface area contributed by atoms with Crippen LogP contribution < -0.4 is 0 Å². The van der Waals surface area contributed by atoms with Crippen LogP contribution in [0.4, 0.5) is 4.39 Å². The number of hydrogen-bond donors (Lipinski definition) is 1. The van der Waals surface area contributed by atoms with Gasteiger partial charge in [-0.1, -0.05) is 0 Å². The number of aromatic amines is 1. The summed E-state index contributed by atoms with van der Waals surface area (Å²) in [6.07, 6.45) is 5.04. The van der Waals surface area contributed by atoms with Crippen molar-refractivity contribution >= 4 is 0 Å². The lowest BCUT2D eigenvalue weighted by Gasteiger charge is -2.02. The maximum absolute atomic E-state index is 13.2. The van der Waals surface area contributed by atoms with Gasteiger partial charge in [0.15, 0.2) is 11.6 Å². The van der Waals surface area contributed by atoms with Gasteiger partial charge in [-0.2, -0.15) is 0 Å². The third-order valence-electron chi connectivity index (χ3n) is 3.55. The standard InChI is InChI=1S/C18H12FN3O/c19-14-5-3-12(4-6-14)16-17(13-7-9-20-10-8-13)22-18(21-16)15-2-1-11-23-15/h1-11H,(H,21,22). The molecular weight excluding hydrogens is 293 g/mol. The number of halogens is 1. The summed E-state index contributed by atoms with van der Waals surface area (Å²) in [7, 11) is 0. The van der Waals surface area contributed by atoms with Crippen LogP contribution in [-0.2, 0) is 0 Å². The summed E-state index contributed by atoms with van der Waals surface area (Å²) in [5, 5.41) is 0. The number of nitrogens with one attached hydrogen (secondary N) is 1. The highest BCUT2D eigenvalue weighted by Crippen LogP contribution is 2.32. The first-order valence-corrected chi connectivity index (χ1v) is 7.11. The molecule has 0 aliphatic carbocycles. The van der Waals surface area contributed by atoms with Gasteiger partial charge in [-0.3, -0.25) is 4.98 Å². The Bertz CT molecular complexity index is 913. The molecule has 0 saturated heterocycles. The molecular formula is C18H12FN3O. The highest BCUT2D eigenvalue weighted by molar-refractivity contribution is 5.80. The fourth-order valence-corrected chi connectivity index (χ4v) is 2.45. The molecule has 3 aromatic heterocycles. The smallest absolute Gasteiger partial charge is 0.174 e. The molecule has 1 N–H and O–H groups in total. The molecule has 23 heavy (non-hydrogen) atoms. The van der Waals surface area contributed by atoms with Crippen LogP contribution in [0.25, 0.3) is 34.1 Å². The van der Waals surface area contributed by atoms with Crippen molar-refractivity contribution in [1.82, 2.24) is 15.0 Å². The molecule has 4 aromatic rings. The zero-order valence-corrected chi connectivity index (χ0v) is 12.0. The minimum Gasteiger partial charge on any atom is -0.461 e. The molecule has 1 aromatic carbocycles. The van der Waals surface area contributed by atoms with Gasteiger partial charge in [0.2, 0.25) is 0 Å². The van der Waals surface area contributed by atoms with Gasteiger partial charge in [0.1, 0.15) is 5.82 Å². The number of nitrogens with zero attached hydrogens (tertiary/aromatic N) is 2. The van der Waals surface area contributed by atoms with Crippen molar-refractivity contribution in [3.8, 4) is 34.1 Å². The van der Waals surface area contributed by atoms with E-state index in [0.29, 0.717) is 11.6 Å². The van der Waals surface area contributed by atoms with E-state index < -0.39 is 0 Å². The van der Waals surface area contributed by atoms with Crippen LogP contribution in [0.5, 0.6) is 0 Å². The van der Waals surface area contributed by atoms with E-state index >= 15 is 0 Å². The van der Waals surface area contributed by atoms with Gasteiger partial charge in [0, 0.05) is 23.5 Å². The molecule has 3 heterocycles. The minimum absolute atomic E-state index is 0.277. The predicted octanol–water partition coefficient (Wildman–Crippen LogP) is 4.54. The lowest BCUT2D eigenvalue weighted by atomic mass is 10.1. The van der Waals surface area contributed by atoms with E-state index in [9.17, 15) is 4.39 Å².